The minimum atomic E-state index is -0.653. The fraction of sp³-hybridized carbons (Fsp3) is 0.509. The van der Waals surface area contributed by atoms with Gasteiger partial charge in [0.2, 0.25) is 11.8 Å². The SMILES string of the molecule is CCc1c(F)ccc2cc(O)cc(-c3ncc4c(N5CCCC6(CCO6)C5)nc(OCC5(CN6CCN(C)CC6)CC5)nc4c3F)c12.O=CCN1CCN(c2ccc(NC3CCC(=O)NC3=O)cc2F)CC1. The molecule has 2 aromatic heterocycles. The van der Waals surface area contributed by atoms with Crippen LogP contribution in [0.15, 0.2) is 48.7 Å². The Labute approximate surface area is 416 Å². The Kier molecular flexibility index (Phi) is 14.3. The molecule has 1 spiro atoms. The number of aryl methyl sites for hydroxylation is 1. The summed E-state index contributed by atoms with van der Waals surface area (Å²) in [6.07, 6.45) is 8.62. The van der Waals surface area contributed by atoms with E-state index in [1.165, 1.54) is 18.2 Å². The van der Waals surface area contributed by atoms with Crippen LogP contribution in [0.5, 0.6) is 11.8 Å². The molecule has 6 fully saturated rings. The fourth-order valence-electron chi connectivity index (χ4n) is 10.9. The molecule has 2 atom stereocenters. The van der Waals surface area contributed by atoms with E-state index in [4.69, 9.17) is 14.5 Å². The van der Waals surface area contributed by atoms with Gasteiger partial charge in [-0.1, -0.05) is 13.0 Å². The van der Waals surface area contributed by atoms with Crippen LogP contribution in [0.2, 0.25) is 0 Å². The zero-order valence-corrected chi connectivity index (χ0v) is 41.0. The smallest absolute Gasteiger partial charge is 0.319 e. The maximum atomic E-state index is 16.9. The number of imide groups is 1. The number of hydrogen-bond donors (Lipinski definition) is 3. The number of phenols is 1. The van der Waals surface area contributed by atoms with Crippen LogP contribution in [-0.2, 0) is 25.5 Å². The van der Waals surface area contributed by atoms with Crippen LogP contribution in [0.3, 0.4) is 0 Å². The standard InChI is InChI=1S/C36H42F2N6O3.C17H21FN4O3/c1-3-25-28(37)6-5-23-17-24(45)18-26(29(23)25)31-30(38)32-27(19-39-31)33(44-11-4-7-36(21-44)10-16-47-36)41-34(40-32)46-22-35(8-9-35)20-43-14-12-42(2)13-15-43;18-13-11-12(19-14-2-4-16(24)20-17(14)25)1-3-15(13)22-7-5-21(6-8-22)9-10-23/h5-6,17-19,45H,3-4,7-16,20-22H2,1-2H3;1,3,10-11,14,19H,2,4-9H2,(H,20,24,25). The van der Waals surface area contributed by atoms with Crippen LogP contribution in [-0.4, -0.2) is 163 Å². The number of benzene rings is 3. The first-order chi connectivity index (χ1) is 34.8. The first-order valence-corrected chi connectivity index (χ1v) is 25.4. The number of ether oxygens (including phenoxy) is 2. The molecule has 5 saturated heterocycles. The van der Waals surface area contributed by atoms with Gasteiger partial charge in [-0.3, -0.25) is 24.8 Å². The van der Waals surface area contributed by atoms with Gasteiger partial charge in [0.05, 0.1) is 36.4 Å². The minimum Gasteiger partial charge on any atom is -0.508 e. The lowest BCUT2D eigenvalue weighted by atomic mass is 9.86. The van der Waals surface area contributed by atoms with Gasteiger partial charge >= 0.3 is 6.01 Å². The van der Waals surface area contributed by atoms with Gasteiger partial charge in [-0.15, -0.1) is 0 Å². The Morgan fingerprint density at radius 2 is 1.69 bits per heavy atom. The quantitative estimate of drug-likeness (QED) is 0.0939. The van der Waals surface area contributed by atoms with Gasteiger partial charge in [0.15, 0.2) is 5.82 Å². The van der Waals surface area contributed by atoms with Crippen molar-refractivity contribution in [1.82, 2.24) is 35.0 Å². The first kappa shape index (κ1) is 49.4. The Hall–Kier alpha value is -6.15. The predicted octanol–water partition coefficient (Wildman–Crippen LogP) is 5.92. The molecular formula is C53H63F3N10O6. The molecule has 3 N–H and O–H groups in total. The summed E-state index contributed by atoms with van der Waals surface area (Å²) in [6, 6.07) is 10.4. The number of aromatic nitrogens is 3. The molecule has 1 aliphatic carbocycles. The van der Waals surface area contributed by atoms with Crippen molar-refractivity contribution in [2.45, 2.75) is 69.9 Å². The maximum Gasteiger partial charge on any atom is 0.319 e. The fourth-order valence-corrected chi connectivity index (χ4v) is 10.9. The highest BCUT2D eigenvalue weighted by molar-refractivity contribution is 6.02. The van der Waals surface area contributed by atoms with Crippen molar-refractivity contribution in [3.05, 3.63) is 71.7 Å². The van der Waals surface area contributed by atoms with E-state index in [-0.39, 0.29) is 63.9 Å². The van der Waals surface area contributed by atoms with Gasteiger partial charge < -0.3 is 44.3 Å². The minimum absolute atomic E-state index is 0.000436. The number of halogens is 3. The number of piperidine rings is 2. The molecule has 19 heteroatoms. The average molecular weight is 993 g/mol. The summed E-state index contributed by atoms with van der Waals surface area (Å²) in [5.41, 5.74) is 1.73. The molecule has 11 rings (SSSR count). The predicted molar refractivity (Wildman–Crippen MR) is 268 cm³/mol. The molecule has 2 unspecified atom stereocenters. The zero-order valence-electron chi connectivity index (χ0n) is 41.0. The van der Waals surface area contributed by atoms with Crippen molar-refractivity contribution in [3.8, 4) is 23.0 Å². The molecule has 0 bridgehead atoms. The van der Waals surface area contributed by atoms with Gasteiger partial charge in [0, 0.05) is 108 Å². The normalized spacial score (nSPS) is 22.6. The van der Waals surface area contributed by atoms with E-state index in [9.17, 15) is 28.3 Å². The summed E-state index contributed by atoms with van der Waals surface area (Å²) in [4.78, 5) is 58.7. The highest BCUT2D eigenvalue weighted by atomic mass is 19.1. The highest BCUT2D eigenvalue weighted by Gasteiger charge is 2.46. The molecule has 382 valence electrons. The van der Waals surface area contributed by atoms with Gasteiger partial charge in [0.1, 0.15) is 46.7 Å². The average Bonchev–Trinajstić information content (AvgIpc) is 4.14. The van der Waals surface area contributed by atoms with Crippen molar-refractivity contribution < 1.29 is 42.1 Å². The van der Waals surface area contributed by atoms with Gasteiger partial charge in [-0.05, 0) is 98.3 Å². The number of rotatable bonds is 13. The number of carbonyl (C=O) groups excluding carboxylic acids is 3. The second-order valence-electron chi connectivity index (χ2n) is 20.4. The largest absolute Gasteiger partial charge is 0.508 e. The highest BCUT2D eigenvalue weighted by Crippen LogP contribution is 2.47. The Morgan fingerprint density at radius 3 is 2.39 bits per heavy atom. The van der Waals surface area contributed by atoms with Crippen LogP contribution < -0.4 is 25.2 Å². The summed E-state index contributed by atoms with van der Waals surface area (Å²) in [5, 5.41) is 17.5. The molecule has 0 radical (unpaired) electrons. The van der Waals surface area contributed by atoms with E-state index in [0.29, 0.717) is 103 Å². The number of anilines is 3. The van der Waals surface area contributed by atoms with E-state index < -0.39 is 11.9 Å². The van der Waals surface area contributed by atoms with Gasteiger partial charge in [-0.25, -0.2) is 13.2 Å². The van der Waals surface area contributed by atoms with E-state index >= 15 is 4.39 Å². The van der Waals surface area contributed by atoms with E-state index in [2.05, 4.69) is 42.3 Å². The molecule has 72 heavy (non-hydrogen) atoms. The van der Waals surface area contributed by atoms with Crippen LogP contribution in [0, 0.1) is 22.9 Å². The van der Waals surface area contributed by atoms with Crippen LogP contribution in [0.4, 0.5) is 30.4 Å². The lowest BCUT2D eigenvalue weighted by Gasteiger charge is -2.48. The molecule has 6 aliphatic rings. The number of likely N-dealkylation sites (N-methyl/N-ethyl adjacent to an activating group) is 1. The molecule has 5 aromatic rings. The van der Waals surface area contributed by atoms with E-state index in [1.54, 1.807) is 30.5 Å². The third-order valence-electron chi connectivity index (χ3n) is 15.4. The molecule has 5 aliphatic heterocycles. The third-order valence-corrected chi connectivity index (χ3v) is 15.4. The summed E-state index contributed by atoms with van der Waals surface area (Å²) in [6.45, 7) is 12.8. The Balaban J connectivity index is 0.000000201. The number of carbonyl (C=O) groups is 3. The molecule has 16 nitrogen and oxygen atoms in total. The second-order valence-corrected chi connectivity index (χ2v) is 20.4. The molecule has 1 saturated carbocycles. The zero-order chi connectivity index (χ0) is 50.1. The number of piperazine rings is 2. The Bertz CT molecular complexity index is 2850. The van der Waals surface area contributed by atoms with Crippen molar-refractivity contribution in [1.29, 1.82) is 0 Å². The summed E-state index contributed by atoms with van der Waals surface area (Å²) in [5.74, 6) is -1.52. The maximum absolute atomic E-state index is 16.9. The first-order valence-electron chi connectivity index (χ1n) is 25.4. The number of aldehydes is 1. The van der Waals surface area contributed by atoms with Crippen molar-refractivity contribution in [2.75, 3.05) is 114 Å². The lowest BCUT2D eigenvalue weighted by Crippen LogP contribution is -2.56. The lowest BCUT2D eigenvalue weighted by molar-refractivity contribution is -0.151. The summed E-state index contributed by atoms with van der Waals surface area (Å²) < 4.78 is 58.8. The van der Waals surface area contributed by atoms with Crippen LogP contribution >= 0.6 is 0 Å². The molecular weight excluding hydrogens is 930 g/mol. The van der Waals surface area contributed by atoms with Crippen LogP contribution in [0.1, 0.15) is 57.4 Å². The summed E-state index contributed by atoms with van der Waals surface area (Å²) >= 11 is 0. The summed E-state index contributed by atoms with van der Waals surface area (Å²) in [7, 11) is 2.16. The van der Waals surface area contributed by atoms with Crippen molar-refractivity contribution in [3.63, 3.8) is 0 Å². The number of fused-ring (bicyclic) bond motifs is 2. The van der Waals surface area contributed by atoms with Crippen LogP contribution in [0.25, 0.3) is 32.9 Å². The topological polar surface area (TPSA) is 169 Å². The second kappa shape index (κ2) is 20.8. The third kappa shape index (κ3) is 10.5. The molecule has 2 amide bonds. The number of hydrogen-bond acceptors (Lipinski definition) is 15. The number of pyridine rings is 1. The van der Waals surface area contributed by atoms with E-state index in [1.807, 2.05) is 16.7 Å². The Morgan fingerprint density at radius 1 is 0.917 bits per heavy atom. The van der Waals surface area contributed by atoms with E-state index in [0.717, 1.165) is 84.3 Å². The molecule has 7 heterocycles. The van der Waals surface area contributed by atoms with Crippen molar-refractivity contribution >= 4 is 57.0 Å². The number of amides is 2. The van der Waals surface area contributed by atoms with Gasteiger partial charge in [0.25, 0.3) is 0 Å². The van der Waals surface area contributed by atoms with Gasteiger partial charge in [-0.2, -0.15) is 9.97 Å². The number of nitrogens with one attached hydrogen (secondary N) is 2. The van der Waals surface area contributed by atoms with Crippen molar-refractivity contribution in [2.24, 2.45) is 5.41 Å². The number of aromatic hydroxyl groups is 1. The molecule has 3 aromatic carbocycles. The number of nitrogens with zero attached hydrogens (tertiary/aromatic N) is 8. The monoisotopic (exact) mass is 992 g/mol. The number of phenolic OH excluding ortho intramolecular Hbond substituents is 1.